The van der Waals surface area contributed by atoms with E-state index in [0.29, 0.717) is 28.3 Å². The fourth-order valence-corrected chi connectivity index (χ4v) is 2.09. The number of H-pyrrole nitrogens is 1. The number of benzene rings is 1. The van der Waals surface area contributed by atoms with Crippen LogP contribution in [0, 0.1) is 29.6 Å². The van der Waals surface area contributed by atoms with Crippen LogP contribution in [-0.4, -0.2) is 18.7 Å². The Morgan fingerprint density at radius 2 is 2.00 bits per heavy atom. The minimum absolute atomic E-state index is 0.0133. The van der Waals surface area contributed by atoms with Gasteiger partial charge in [-0.3, -0.25) is 4.79 Å². The number of aromatic amines is 1. The number of ether oxygens (including phenoxy) is 2. The molecule has 0 bridgehead atoms. The molecule has 0 fully saturated rings. The number of nitriles is 2. The molecule has 2 rings (SSSR count). The third-order valence-electron chi connectivity index (χ3n) is 3.05. The van der Waals surface area contributed by atoms with Gasteiger partial charge in [-0.05, 0) is 31.2 Å². The molecule has 1 aromatic carbocycles. The quantitative estimate of drug-likeness (QED) is 0.931. The average Bonchev–Trinajstić information content (AvgIpc) is 2.52. The minimum Gasteiger partial charge on any atom is -0.497 e. The number of hydrogen-bond acceptors (Lipinski definition) is 5. The van der Waals surface area contributed by atoms with Gasteiger partial charge in [0.15, 0.2) is 6.61 Å². The van der Waals surface area contributed by atoms with Gasteiger partial charge in [-0.2, -0.15) is 10.5 Å². The topological polar surface area (TPSA) is 98.9 Å². The minimum atomic E-state index is -0.466. The second-order valence-electron chi connectivity index (χ2n) is 4.49. The Kier molecular flexibility index (Phi) is 4.45. The Morgan fingerprint density at radius 1 is 1.23 bits per heavy atom. The van der Waals surface area contributed by atoms with Gasteiger partial charge in [0.1, 0.15) is 29.2 Å². The Labute approximate surface area is 127 Å². The van der Waals surface area contributed by atoms with E-state index >= 15 is 0 Å². The second-order valence-corrected chi connectivity index (χ2v) is 4.49. The van der Waals surface area contributed by atoms with Gasteiger partial charge in [0.25, 0.3) is 5.56 Å². The molecule has 0 aliphatic carbocycles. The van der Waals surface area contributed by atoms with Crippen molar-refractivity contribution in [2.45, 2.75) is 6.92 Å². The highest BCUT2D eigenvalue weighted by Gasteiger charge is 2.15. The number of hydrogen-bond donors (Lipinski definition) is 1. The predicted molar refractivity (Wildman–Crippen MR) is 79.6 cm³/mol. The van der Waals surface area contributed by atoms with Crippen molar-refractivity contribution in [3.63, 3.8) is 0 Å². The third kappa shape index (κ3) is 2.92. The van der Waals surface area contributed by atoms with Crippen molar-refractivity contribution in [2.75, 3.05) is 13.7 Å². The zero-order valence-corrected chi connectivity index (χ0v) is 12.1. The summed E-state index contributed by atoms with van der Waals surface area (Å²) in [6, 6.07) is 10.5. The van der Waals surface area contributed by atoms with E-state index in [1.54, 1.807) is 31.2 Å². The number of aromatic nitrogens is 1. The fourth-order valence-electron chi connectivity index (χ4n) is 2.09. The summed E-state index contributed by atoms with van der Waals surface area (Å²) >= 11 is 0. The lowest BCUT2D eigenvalue weighted by atomic mass is 10.00. The van der Waals surface area contributed by atoms with Crippen molar-refractivity contribution in [2.24, 2.45) is 0 Å². The Hall–Kier alpha value is -3.25. The summed E-state index contributed by atoms with van der Waals surface area (Å²) in [6.07, 6.45) is 0. The Morgan fingerprint density at radius 3 is 2.64 bits per heavy atom. The Bertz CT molecular complexity index is 841. The Balaban J connectivity index is 2.73. The molecule has 0 saturated heterocycles. The predicted octanol–water partition coefficient (Wildman–Crippen LogP) is 2.13. The zero-order chi connectivity index (χ0) is 16.1. The van der Waals surface area contributed by atoms with Crippen LogP contribution in [0.1, 0.15) is 11.3 Å². The third-order valence-corrected chi connectivity index (χ3v) is 3.05. The highest BCUT2D eigenvalue weighted by Crippen LogP contribution is 2.34. The molecule has 2 aromatic rings. The van der Waals surface area contributed by atoms with E-state index in [-0.39, 0.29) is 12.2 Å². The van der Waals surface area contributed by atoms with E-state index < -0.39 is 5.56 Å². The van der Waals surface area contributed by atoms with Crippen molar-refractivity contribution in [1.82, 2.24) is 4.98 Å². The zero-order valence-electron chi connectivity index (χ0n) is 12.1. The van der Waals surface area contributed by atoms with E-state index in [2.05, 4.69) is 4.98 Å². The number of nitrogens with one attached hydrogen (secondary N) is 1. The molecule has 0 spiro atoms. The molecule has 1 aromatic heterocycles. The van der Waals surface area contributed by atoms with Gasteiger partial charge in [-0.15, -0.1) is 0 Å². The fraction of sp³-hybridized carbons (Fsp3) is 0.188. The van der Waals surface area contributed by atoms with Crippen LogP contribution in [0.3, 0.4) is 0 Å². The van der Waals surface area contributed by atoms with Gasteiger partial charge in [0.05, 0.1) is 7.11 Å². The van der Waals surface area contributed by atoms with E-state index in [4.69, 9.17) is 14.7 Å². The summed E-state index contributed by atoms with van der Waals surface area (Å²) in [5.41, 5.74) is 1.11. The van der Waals surface area contributed by atoms with Crippen molar-refractivity contribution >= 4 is 0 Å². The smallest absolute Gasteiger partial charge is 0.266 e. The van der Waals surface area contributed by atoms with Crippen molar-refractivity contribution in [3.8, 4) is 34.8 Å². The first-order valence-corrected chi connectivity index (χ1v) is 6.43. The number of pyridine rings is 1. The standard InChI is InChI=1S/C16H13N3O3/c1-10-7-12(14(9-18)16(20)19-10)13-8-11(21-2)3-4-15(13)22-6-5-17/h3-4,7-8H,6H2,1-2H3,(H,19,20). The highest BCUT2D eigenvalue weighted by atomic mass is 16.5. The summed E-state index contributed by atoms with van der Waals surface area (Å²) in [6.45, 7) is 1.59. The maximum Gasteiger partial charge on any atom is 0.266 e. The van der Waals surface area contributed by atoms with Crippen LogP contribution in [0.15, 0.2) is 29.1 Å². The lowest BCUT2D eigenvalue weighted by Gasteiger charge is -2.13. The molecule has 1 N–H and O–H groups in total. The molecule has 0 atom stereocenters. The van der Waals surface area contributed by atoms with E-state index in [0.717, 1.165) is 0 Å². The lowest BCUT2D eigenvalue weighted by molar-refractivity contribution is 0.367. The molecule has 22 heavy (non-hydrogen) atoms. The van der Waals surface area contributed by atoms with Crippen LogP contribution < -0.4 is 15.0 Å². The van der Waals surface area contributed by atoms with E-state index in [9.17, 15) is 10.1 Å². The molecular formula is C16H13N3O3. The molecule has 0 unspecified atom stereocenters. The van der Waals surface area contributed by atoms with Crippen molar-refractivity contribution in [1.29, 1.82) is 10.5 Å². The molecule has 6 heteroatoms. The van der Waals surface area contributed by atoms with E-state index in [1.165, 1.54) is 7.11 Å². The van der Waals surface area contributed by atoms with Crippen LogP contribution in [0.2, 0.25) is 0 Å². The largest absolute Gasteiger partial charge is 0.497 e. The number of nitrogens with zero attached hydrogens (tertiary/aromatic N) is 2. The van der Waals surface area contributed by atoms with Crippen molar-refractivity contribution < 1.29 is 9.47 Å². The molecule has 0 amide bonds. The van der Waals surface area contributed by atoms with Gasteiger partial charge >= 0.3 is 0 Å². The molecule has 0 radical (unpaired) electrons. The number of aryl methyl sites for hydroxylation is 1. The first-order valence-electron chi connectivity index (χ1n) is 6.43. The summed E-state index contributed by atoms with van der Waals surface area (Å²) in [7, 11) is 1.52. The monoisotopic (exact) mass is 295 g/mol. The molecule has 110 valence electrons. The summed E-state index contributed by atoms with van der Waals surface area (Å²) in [5, 5.41) is 17.9. The summed E-state index contributed by atoms with van der Waals surface area (Å²) in [4.78, 5) is 14.5. The molecular weight excluding hydrogens is 282 g/mol. The summed E-state index contributed by atoms with van der Waals surface area (Å²) in [5.74, 6) is 0.963. The van der Waals surface area contributed by atoms with Crippen LogP contribution >= 0.6 is 0 Å². The first-order chi connectivity index (χ1) is 10.6. The second kappa shape index (κ2) is 6.47. The van der Waals surface area contributed by atoms with Gasteiger partial charge in [0.2, 0.25) is 0 Å². The molecule has 0 aliphatic rings. The first kappa shape index (κ1) is 15.1. The van der Waals surface area contributed by atoms with Crippen LogP contribution in [0.25, 0.3) is 11.1 Å². The molecule has 1 heterocycles. The molecule has 0 aliphatic heterocycles. The van der Waals surface area contributed by atoms with Gasteiger partial charge in [-0.1, -0.05) is 0 Å². The van der Waals surface area contributed by atoms with Crippen LogP contribution in [0.5, 0.6) is 11.5 Å². The number of rotatable bonds is 4. The highest BCUT2D eigenvalue weighted by molar-refractivity contribution is 5.76. The normalized spacial score (nSPS) is 9.64. The van der Waals surface area contributed by atoms with Gasteiger partial charge in [0, 0.05) is 16.8 Å². The van der Waals surface area contributed by atoms with Gasteiger partial charge < -0.3 is 14.5 Å². The van der Waals surface area contributed by atoms with Crippen molar-refractivity contribution in [3.05, 3.63) is 45.9 Å². The van der Waals surface area contributed by atoms with E-state index in [1.807, 2.05) is 12.1 Å². The maximum atomic E-state index is 11.9. The van der Waals surface area contributed by atoms with Crippen LogP contribution in [0.4, 0.5) is 0 Å². The van der Waals surface area contributed by atoms with Gasteiger partial charge in [-0.25, -0.2) is 0 Å². The SMILES string of the molecule is COc1ccc(OCC#N)c(-c2cc(C)[nH]c(=O)c2C#N)c1. The molecule has 0 saturated carbocycles. The lowest BCUT2D eigenvalue weighted by Crippen LogP contribution is -2.13. The summed E-state index contributed by atoms with van der Waals surface area (Å²) < 4.78 is 10.6. The number of methoxy groups -OCH3 is 1. The maximum absolute atomic E-state index is 11.9. The average molecular weight is 295 g/mol. The molecule has 6 nitrogen and oxygen atoms in total. The van der Waals surface area contributed by atoms with Crippen LogP contribution in [-0.2, 0) is 0 Å².